The summed E-state index contributed by atoms with van der Waals surface area (Å²) in [6.07, 6.45) is -2.90. The molecule has 0 atom stereocenters. The third kappa shape index (κ3) is 2.18. The first-order chi connectivity index (χ1) is 6.97. The van der Waals surface area contributed by atoms with Crippen LogP contribution in [0.3, 0.4) is 0 Å². The molecule has 1 rings (SSSR count). The minimum atomic E-state index is -2.90. The molecule has 82 valence electrons. The first-order valence-corrected chi connectivity index (χ1v) is 3.98. The fourth-order valence-electron chi connectivity index (χ4n) is 1.20. The van der Waals surface area contributed by atoms with Crippen molar-refractivity contribution in [3.05, 3.63) is 22.9 Å². The van der Waals surface area contributed by atoms with E-state index in [0.717, 1.165) is 6.07 Å². The zero-order valence-corrected chi connectivity index (χ0v) is 7.58. The molecule has 0 saturated heterocycles. The second kappa shape index (κ2) is 4.18. The maximum Gasteiger partial charge on any atom is 0.336 e. The van der Waals surface area contributed by atoms with Gasteiger partial charge < -0.3 is 16.6 Å². The van der Waals surface area contributed by atoms with Crippen LogP contribution in [0.2, 0.25) is 0 Å². The Morgan fingerprint density at radius 3 is 2.60 bits per heavy atom. The van der Waals surface area contributed by atoms with Crippen LogP contribution in [0.25, 0.3) is 0 Å². The Hall–Kier alpha value is -1.76. The molecule has 0 unspecified atom stereocenters. The van der Waals surface area contributed by atoms with Crippen molar-refractivity contribution in [1.82, 2.24) is 4.98 Å². The van der Waals surface area contributed by atoms with Gasteiger partial charge in [0.05, 0.1) is 5.56 Å². The molecule has 0 bridgehead atoms. The van der Waals surface area contributed by atoms with E-state index in [2.05, 4.69) is 4.98 Å². The number of pyridine rings is 1. The Kier molecular flexibility index (Phi) is 3.15. The van der Waals surface area contributed by atoms with Crippen molar-refractivity contribution in [1.29, 1.82) is 0 Å². The third-order valence-corrected chi connectivity index (χ3v) is 1.82. The van der Waals surface area contributed by atoms with Crippen LogP contribution in [0.4, 0.5) is 14.6 Å². The minimum Gasteiger partial charge on any atom is -0.478 e. The van der Waals surface area contributed by atoms with Crippen LogP contribution < -0.4 is 11.5 Å². The average Bonchev–Trinajstić information content (AvgIpc) is 2.16. The topological polar surface area (TPSA) is 102 Å². The van der Waals surface area contributed by atoms with Crippen molar-refractivity contribution in [2.45, 2.75) is 13.0 Å². The van der Waals surface area contributed by atoms with E-state index in [0.29, 0.717) is 0 Å². The van der Waals surface area contributed by atoms with Crippen molar-refractivity contribution >= 4 is 11.8 Å². The molecule has 0 amide bonds. The summed E-state index contributed by atoms with van der Waals surface area (Å²) in [6.45, 7) is -0.325. The van der Waals surface area contributed by atoms with Gasteiger partial charge in [-0.2, -0.15) is 0 Å². The molecule has 1 heterocycles. The fourth-order valence-corrected chi connectivity index (χ4v) is 1.20. The molecule has 5 nitrogen and oxygen atoms in total. The van der Waals surface area contributed by atoms with Gasteiger partial charge in [-0.25, -0.2) is 18.6 Å². The van der Waals surface area contributed by atoms with E-state index < -0.39 is 18.1 Å². The van der Waals surface area contributed by atoms with Crippen molar-refractivity contribution in [3.63, 3.8) is 0 Å². The second-order valence-electron chi connectivity index (χ2n) is 2.77. The lowest BCUT2D eigenvalue weighted by Gasteiger charge is -2.10. The maximum absolute atomic E-state index is 12.5. The molecule has 0 spiro atoms. The number of hydrogen-bond donors (Lipinski definition) is 3. The van der Waals surface area contributed by atoms with Crippen molar-refractivity contribution < 1.29 is 18.7 Å². The molecule has 0 aromatic carbocycles. The highest BCUT2D eigenvalue weighted by molar-refractivity contribution is 5.90. The number of nitrogens with zero attached hydrogens (tertiary/aromatic N) is 1. The molecule has 0 radical (unpaired) electrons. The number of carboxylic acid groups (broad SMARTS) is 1. The van der Waals surface area contributed by atoms with Gasteiger partial charge in [-0.3, -0.25) is 0 Å². The van der Waals surface area contributed by atoms with Crippen LogP contribution >= 0.6 is 0 Å². The Labute approximate surface area is 83.7 Å². The molecule has 0 fully saturated rings. The molecule has 0 saturated carbocycles. The van der Waals surface area contributed by atoms with E-state index in [1.807, 2.05) is 0 Å². The SMILES string of the molecule is NCc1c(C(=O)O)cc(N)nc1C(F)F. The quantitative estimate of drug-likeness (QED) is 0.693. The number of carbonyl (C=O) groups is 1. The number of carboxylic acids is 1. The van der Waals surface area contributed by atoms with E-state index >= 15 is 0 Å². The molecule has 0 aliphatic heterocycles. The second-order valence-corrected chi connectivity index (χ2v) is 2.77. The minimum absolute atomic E-state index is 0.188. The standard InChI is InChI=1S/C8H9F2N3O2/c9-7(10)6-4(2-11)3(8(14)15)1-5(12)13-6/h1,7H,2,11H2,(H2,12,13)(H,14,15). The summed E-state index contributed by atoms with van der Waals surface area (Å²) in [7, 11) is 0. The van der Waals surface area contributed by atoms with Crippen molar-refractivity contribution in [2.75, 3.05) is 5.73 Å². The van der Waals surface area contributed by atoms with Gasteiger partial charge in [0.15, 0.2) is 0 Å². The number of alkyl halides is 2. The highest BCUT2D eigenvalue weighted by Gasteiger charge is 2.21. The number of aromatic carboxylic acids is 1. The smallest absolute Gasteiger partial charge is 0.336 e. The van der Waals surface area contributed by atoms with Gasteiger partial charge in [-0.15, -0.1) is 0 Å². The lowest BCUT2D eigenvalue weighted by atomic mass is 10.1. The van der Waals surface area contributed by atoms with Crippen LogP contribution in [0.15, 0.2) is 6.07 Å². The summed E-state index contributed by atoms with van der Waals surface area (Å²) in [5.74, 6) is -1.62. The highest BCUT2D eigenvalue weighted by Crippen LogP contribution is 2.25. The lowest BCUT2D eigenvalue weighted by molar-refractivity contribution is 0.0694. The predicted octanol–water partition coefficient (Wildman–Crippen LogP) is 0.758. The van der Waals surface area contributed by atoms with Gasteiger partial charge in [-0.05, 0) is 6.07 Å². The molecule has 0 aliphatic carbocycles. The molecule has 1 aromatic rings. The summed E-state index contributed by atoms with van der Waals surface area (Å²) in [6, 6.07) is 1.01. The van der Waals surface area contributed by atoms with E-state index in [9.17, 15) is 13.6 Å². The number of anilines is 1. The van der Waals surface area contributed by atoms with Crippen LogP contribution in [-0.2, 0) is 6.54 Å². The number of aromatic nitrogens is 1. The molecular formula is C8H9F2N3O2. The van der Waals surface area contributed by atoms with Crippen LogP contribution in [0, 0.1) is 0 Å². The van der Waals surface area contributed by atoms with E-state index in [1.54, 1.807) is 0 Å². The number of nitrogens with two attached hydrogens (primary N) is 2. The summed E-state index contributed by atoms with van der Waals surface area (Å²) in [4.78, 5) is 14.1. The Morgan fingerprint density at radius 1 is 1.60 bits per heavy atom. The van der Waals surface area contributed by atoms with Crippen molar-refractivity contribution in [2.24, 2.45) is 5.73 Å². The number of rotatable bonds is 3. The largest absolute Gasteiger partial charge is 0.478 e. The fraction of sp³-hybridized carbons (Fsp3) is 0.250. The Balaban J connectivity index is 3.45. The lowest BCUT2D eigenvalue weighted by Crippen LogP contribution is -2.13. The van der Waals surface area contributed by atoms with E-state index in [4.69, 9.17) is 16.6 Å². The average molecular weight is 217 g/mol. The molecular weight excluding hydrogens is 208 g/mol. The Morgan fingerprint density at radius 2 is 2.20 bits per heavy atom. The zero-order chi connectivity index (χ0) is 11.6. The zero-order valence-electron chi connectivity index (χ0n) is 7.58. The monoisotopic (exact) mass is 217 g/mol. The Bertz CT molecular complexity index is 396. The van der Waals surface area contributed by atoms with Gasteiger partial charge >= 0.3 is 5.97 Å². The molecule has 1 aromatic heterocycles. The maximum atomic E-state index is 12.5. The van der Waals surface area contributed by atoms with Gasteiger partial charge in [0.2, 0.25) is 0 Å². The van der Waals surface area contributed by atoms with Crippen LogP contribution in [0.5, 0.6) is 0 Å². The first kappa shape index (κ1) is 11.3. The summed E-state index contributed by atoms with van der Waals surface area (Å²) in [5, 5.41) is 8.74. The summed E-state index contributed by atoms with van der Waals surface area (Å²) < 4.78 is 24.9. The molecule has 7 heteroatoms. The number of hydrogen-bond acceptors (Lipinski definition) is 4. The number of nitrogen functional groups attached to an aromatic ring is 1. The summed E-state index contributed by atoms with van der Waals surface area (Å²) in [5.41, 5.74) is 9.22. The molecule has 15 heavy (non-hydrogen) atoms. The third-order valence-electron chi connectivity index (χ3n) is 1.82. The molecule has 5 N–H and O–H groups in total. The van der Waals surface area contributed by atoms with Crippen molar-refractivity contribution in [3.8, 4) is 0 Å². The first-order valence-electron chi connectivity index (χ1n) is 3.98. The van der Waals surface area contributed by atoms with Gasteiger partial charge in [0.1, 0.15) is 11.5 Å². The van der Waals surface area contributed by atoms with Crippen LogP contribution in [0.1, 0.15) is 28.0 Å². The van der Waals surface area contributed by atoms with Gasteiger partial charge in [0.25, 0.3) is 6.43 Å². The normalized spacial score (nSPS) is 10.7. The van der Waals surface area contributed by atoms with E-state index in [1.165, 1.54) is 0 Å². The van der Waals surface area contributed by atoms with Crippen LogP contribution in [-0.4, -0.2) is 16.1 Å². The predicted molar refractivity (Wildman–Crippen MR) is 48.5 cm³/mol. The van der Waals surface area contributed by atoms with E-state index in [-0.39, 0.29) is 23.5 Å². The number of halogens is 2. The summed E-state index contributed by atoms with van der Waals surface area (Å²) >= 11 is 0. The molecule has 0 aliphatic rings. The highest BCUT2D eigenvalue weighted by atomic mass is 19.3. The van der Waals surface area contributed by atoms with Gasteiger partial charge in [0, 0.05) is 12.1 Å². The van der Waals surface area contributed by atoms with Gasteiger partial charge in [-0.1, -0.05) is 0 Å².